The second-order valence-corrected chi connectivity index (χ2v) is 15.6. The van der Waals surface area contributed by atoms with Gasteiger partial charge in [-0.05, 0) is 91.0 Å². The molecular formula is C57H36N4. The number of rotatable bonds is 6. The monoisotopic (exact) mass is 776 g/mol. The van der Waals surface area contributed by atoms with E-state index < -0.39 is 0 Å². The summed E-state index contributed by atoms with van der Waals surface area (Å²) < 4.78 is 2.35. The van der Waals surface area contributed by atoms with E-state index in [1.165, 1.54) is 59.7 Å². The summed E-state index contributed by atoms with van der Waals surface area (Å²) in [5.41, 5.74) is 11.0. The van der Waals surface area contributed by atoms with Crippen LogP contribution >= 0.6 is 0 Å². The van der Waals surface area contributed by atoms with Gasteiger partial charge in [0.1, 0.15) is 0 Å². The Balaban J connectivity index is 0.934. The zero-order valence-electron chi connectivity index (χ0n) is 33.1. The Labute approximate surface area is 352 Å². The van der Waals surface area contributed by atoms with Crippen molar-refractivity contribution in [1.82, 2.24) is 19.5 Å². The average molecular weight is 777 g/mol. The molecule has 0 fully saturated rings. The summed E-state index contributed by atoms with van der Waals surface area (Å²) in [6.07, 6.45) is 0. The Bertz CT molecular complexity index is 3610. The summed E-state index contributed by atoms with van der Waals surface area (Å²) in [7, 11) is 0. The van der Waals surface area contributed by atoms with Crippen molar-refractivity contribution in [3.8, 4) is 62.1 Å². The van der Waals surface area contributed by atoms with Gasteiger partial charge in [0.05, 0.1) is 11.0 Å². The molecule has 4 nitrogen and oxygen atoms in total. The maximum absolute atomic E-state index is 5.12. The number of aromatic nitrogens is 4. The second kappa shape index (κ2) is 14.3. The third-order valence-corrected chi connectivity index (χ3v) is 12.0. The van der Waals surface area contributed by atoms with Gasteiger partial charge >= 0.3 is 0 Å². The van der Waals surface area contributed by atoms with Crippen LogP contribution in [0.4, 0.5) is 0 Å². The first-order valence-corrected chi connectivity index (χ1v) is 20.7. The highest BCUT2D eigenvalue weighted by Crippen LogP contribution is 2.40. The van der Waals surface area contributed by atoms with Gasteiger partial charge in [-0.25, -0.2) is 15.0 Å². The van der Waals surface area contributed by atoms with E-state index >= 15 is 0 Å². The molecule has 0 aliphatic carbocycles. The van der Waals surface area contributed by atoms with Gasteiger partial charge in [0.25, 0.3) is 0 Å². The van der Waals surface area contributed by atoms with E-state index in [1.807, 2.05) is 18.2 Å². The van der Waals surface area contributed by atoms with Crippen LogP contribution in [0, 0.1) is 0 Å². The molecule has 0 N–H and O–H groups in total. The zero-order valence-corrected chi connectivity index (χ0v) is 33.1. The molecule has 0 atom stereocenters. The van der Waals surface area contributed by atoms with Gasteiger partial charge in [0.2, 0.25) is 0 Å². The van der Waals surface area contributed by atoms with Crippen LogP contribution in [-0.4, -0.2) is 19.5 Å². The van der Waals surface area contributed by atoms with Gasteiger partial charge in [-0.3, -0.25) is 0 Å². The van der Waals surface area contributed by atoms with Crippen LogP contribution in [0.1, 0.15) is 0 Å². The van der Waals surface area contributed by atoms with Crippen LogP contribution < -0.4 is 0 Å². The first kappa shape index (κ1) is 34.8. The number of hydrogen-bond acceptors (Lipinski definition) is 3. The summed E-state index contributed by atoms with van der Waals surface area (Å²) in [6.45, 7) is 0. The molecule has 0 radical (unpaired) electrons. The van der Waals surface area contributed by atoms with Crippen LogP contribution in [0.5, 0.6) is 0 Å². The predicted molar refractivity (Wildman–Crippen MR) is 254 cm³/mol. The fourth-order valence-corrected chi connectivity index (χ4v) is 9.09. The summed E-state index contributed by atoms with van der Waals surface area (Å²) in [5, 5.41) is 9.91. The molecule has 0 saturated carbocycles. The van der Waals surface area contributed by atoms with Crippen molar-refractivity contribution in [2.75, 3.05) is 0 Å². The molecule has 0 amide bonds. The van der Waals surface area contributed by atoms with Crippen molar-refractivity contribution in [2.45, 2.75) is 0 Å². The van der Waals surface area contributed by atoms with Crippen molar-refractivity contribution in [1.29, 1.82) is 0 Å². The van der Waals surface area contributed by atoms with E-state index in [-0.39, 0.29) is 0 Å². The van der Waals surface area contributed by atoms with Crippen molar-refractivity contribution >= 4 is 54.1 Å². The number of hydrogen-bond donors (Lipinski definition) is 0. The Morgan fingerprint density at radius 1 is 0.262 bits per heavy atom. The Morgan fingerprint density at radius 3 is 1.48 bits per heavy atom. The van der Waals surface area contributed by atoms with Gasteiger partial charge in [-0.2, -0.15) is 0 Å². The molecular weight excluding hydrogens is 741 g/mol. The number of fused-ring (bicyclic) bond motifs is 7. The molecule has 0 unspecified atom stereocenters. The third kappa shape index (κ3) is 5.96. The van der Waals surface area contributed by atoms with Gasteiger partial charge < -0.3 is 4.57 Å². The topological polar surface area (TPSA) is 43.6 Å². The molecule has 284 valence electrons. The molecule has 0 spiro atoms. The lowest BCUT2D eigenvalue weighted by molar-refractivity contribution is 1.07. The van der Waals surface area contributed by atoms with E-state index in [0.717, 1.165) is 39.1 Å². The second-order valence-electron chi connectivity index (χ2n) is 15.6. The van der Waals surface area contributed by atoms with E-state index in [1.54, 1.807) is 0 Å². The molecule has 10 aromatic carbocycles. The van der Waals surface area contributed by atoms with Crippen molar-refractivity contribution in [2.24, 2.45) is 0 Å². The molecule has 2 heterocycles. The quantitative estimate of drug-likeness (QED) is 0.125. The molecule has 0 aliphatic heterocycles. The van der Waals surface area contributed by atoms with Gasteiger partial charge in [0.15, 0.2) is 17.5 Å². The molecule has 0 bridgehead atoms. The molecule has 2 aromatic heterocycles. The summed E-state index contributed by atoms with van der Waals surface area (Å²) >= 11 is 0. The Kier molecular flexibility index (Phi) is 8.13. The lowest BCUT2D eigenvalue weighted by Gasteiger charge is -2.14. The van der Waals surface area contributed by atoms with Crippen molar-refractivity contribution < 1.29 is 0 Å². The summed E-state index contributed by atoms with van der Waals surface area (Å²) in [5.74, 6) is 1.90. The fourth-order valence-electron chi connectivity index (χ4n) is 9.09. The lowest BCUT2D eigenvalue weighted by atomic mass is 9.89. The first-order chi connectivity index (χ1) is 30.2. The highest BCUT2D eigenvalue weighted by atomic mass is 15.0. The number of benzene rings is 10. The smallest absolute Gasteiger partial charge is 0.164 e. The molecule has 4 heteroatoms. The van der Waals surface area contributed by atoms with Crippen LogP contribution in [-0.2, 0) is 0 Å². The van der Waals surface area contributed by atoms with Gasteiger partial charge in [-0.1, -0.05) is 182 Å². The summed E-state index contributed by atoms with van der Waals surface area (Å²) in [6, 6.07) is 77.6. The zero-order chi connectivity index (χ0) is 40.3. The molecule has 0 saturated heterocycles. The van der Waals surface area contributed by atoms with Crippen molar-refractivity contribution in [3.05, 3.63) is 218 Å². The standard InChI is InChI=1S/C57H36N4/c1-3-14-40(15-4-1)55-58-56(41-27-23-37(24-28-41)43-32-34-53-51(35-43)48-21-11-12-22-52(48)61(53)45-17-5-2-6-18-45)60-57(59-55)42-29-25-39(26-30-42)54-47-20-10-8-16-44(47)36-50-46-19-9-7-13-38(46)31-33-49(50)54/h1-36H. The van der Waals surface area contributed by atoms with E-state index in [4.69, 9.17) is 15.0 Å². The number of para-hydroxylation sites is 2. The van der Waals surface area contributed by atoms with E-state index in [0.29, 0.717) is 17.5 Å². The number of nitrogens with zero attached hydrogens (tertiary/aromatic N) is 4. The van der Waals surface area contributed by atoms with Crippen LogP contribution in [0.3, 0.4) is 0 Å². The van der Waals surface area contributed by atoms with Crippen LogP contribution in [0.2, 0.25) is 0 Å². The molecule has 12 rings (SSSR count). The minimum Gasteiger partial charge on any atom is -0.309 e. The maximum atomic E-state index is 5.12. The highest BCUT2D eigenvalue weighted by Gasteiger charge is 2.17. The minimum absolute atomic E-state index is 0.632. The largest absolute Gasteiger partial charge is 0.309 e. The molecule has 0 aliphatic rings. The van der Waals surface area contributed by atoms with Crippen LogP contribution in [0.15, 0.2) is 218 Å². The maximum Gasteiger partial charge on any atom is 0.164 e. The van der Waals surface area contributed by atoms with E-state index in [9.17, 15) is 0 Å². The Hall–Kier alpha value is -8.21. The SMILES string of the molecule is c1ccc(-c2nc(-c3ccc(-c4ccc5c(c4)c4ccccc4n5-c4ccccc4)cc3)nc(-c3ccc(-c4c5ccccc5cc5c4ccc4ccccc45)cc3)n2)cc1. The van der Waals surface area contributed by atoms with Crippen molar-refractivity contribution in [3.63, 3.8) is 0 Å². The third-order valence-electron chi connectivity index (χ3n) is 12.0. The molecule has 12 aromatic rings. The lowest BCUT2D eigenvalue weighted by Crippen LogP contribution is -2.00. The normalized spacial score (nSPS) is 11.6. The van der Waals surface area contributed by atoms with Crippen LogP contribution in [0.25, 0.3) is 116 Å². The van der Waals surface area contributed by atoms with E-state index in [2.05, 4.69) is 205 Å². The molecule has 61 heavy (non-hydrogen) atoms. The summed E-state index contributed by atoms with van der Waals surface area (Å²) in [4.78, 5) is 15.2. The predicted octanol–water partition coefficient (Wildman–Crippen LogP) is 14.8. The minimum atomic E-state index is 0.632. The first-order valence-electron chi connectivity index (χ1n) is 20.7. The Morgan fingerprint density at radius 2 is 0.770 bits per heavy atom. The highest BCUT2D eigenvalue weighted by molar-refractivity contribution is 6.20. The van der Waals surface area contributed by atoms with Gasteiger partial charge in [-0.15, -0.1) is 0 Å². The fraction of sp³-hybridized carbons (Fsp3) is 0. The van der Waals surface area contributed by atoms with Gasteiger partial charge in [0, 0.05) is 33.2 Å². The average Bonchev–Trinajstić information content (AvgIpc) is 3.67.